The van der Waals surface area contributed by atoms with Crippen LogP contribution in [0.4, 0.5) is 0 Å². The van der Waals surface area contributed by atoms with E-state index < -0.39 is 0 Å². The molecule has 1 aromatic rings. The highest BCUT2D eigenvalue weighted by Gasteiger charge is 2.02. The van der Waals surface area contributed by atoms with E-state index in [0.717, 1.165) is 17.9 Å². The van der Waals surface area contributed by atoms with Crippen LogP contribution < -0.4 is 10.6 Å². The summed E-state index contributed by atoms with van der Waals surface area (Å²) in [5, 5.41) is 5.98. The van der Waals surface area contributed by atoms with E-state index in [-0.39, 0.29) is 5.91 Å². The number of benzene rings is 1. The second-order valence-electron chi connectivity index (χ2n) is 4.16. The maximum absolute atomic E-state index is 11.6. The van der Waals surface area contributed by atoms with Crippen molar-refractivity contribution in [3.63, 3.8) is 0 Å². The third-order valence-electron chi connectivity index (χ3n) is 2.52. The van der Waals surface area contributed by atoms with E-state index in [1.54, 1.807) is 18.9 Å². The van der Waals surface area contributed by atoms with Gasteiger partial charge in [-0.05, 0) is 31.2 Å². The summed E-state index contributed by atoms with van der Waals surface area (Å²) in [6.45, 7) is 2.22. The fourth-order valence-electron chi connectivity index (χ4n) is 1.55. The molecule has 19 heavy (non-hydrogen) atoms. The first-order valence-electron chi connectivity index (χ1n) is 6.38. The molecule has 2 N–H and O–H groups in total. The first-order valence-corrected chi connectivity index (χ1v) is 7.37. The molecule has 1 aromatic carbocycles. The molecule has 0 heterocycles. The Kier molecular flexibility index (Phi) is 8.29. The largest absolute Gasteiger partial charge is 0.385 e. The van der Waals surface area contributed by atoms with Gasteiger partial charge < -0.3 is 15.4 Å². The molecule has 4 nitrogen and oxygen atoms in total. The van der Waals surface area contributed by atoms with Crippen molar-refractivity contribution in [2.45, 2.75) is 17.9 Å². The third kappa shape index (κ3) is 7.20. The Morgan fingerprint density at radius 3 is 2.68 bits per heavy atom. The van der Waals surface area contributed by atoms with Gasteiger partial charge in [0.1, 0.15) is 0 Å². The van der Waals surface area contributed by atoms with Crippen LogP contribution in [0.15, 0.2) is 29.2 Å². The Morgan fingerprint density at radius 2 is 2.05 bits per heavy atom. The minimum Gasteiger partial charge on any atom is -0.385 e. The molecule has 0 saturated carbocycles. The molecule has 0 radical (unpaired) electrons. The fraction of sp³-hybridized carbons (Fsp3) is 0.500. The molecule has 0 fully saturated rings. The number of methoxy groups -OCH3 is 1. The Bertz CT molecular complexity index is 368. The van der Waals surface area contributed by atoms with Crippen LogP contribution in [0.1, 0.15) is 12.0 Å². The zero-order valence-electron chi connectivity index (χ0n) is 11.6. The molecule has 0 saturated heterocycles. The van der Waals surface area contributed by atoms with Crippen LogP contribution in [-0.2, 0) is 16.1 Å². The van der Waals surface area contributed by atoms with Crippen LogP contribution in [0.5, 0.6) is 0 Å². The molecule has 0 aliphatic heterocycles. The first kappa shape index (κ1) is 16.0. The zero-order chi connectivity index (χ0) is 13.9. The van der Waals surface area contributed by atoms with Crippen LogP contribution in [0.2, 0.25) is 0 Å². The van der Waals surface area contributed by atoms with Gasteiger partial charge in [-0.15, -0.1) is 11.8 Å². The van der Waals surface area contributed by atoms with Gasteiger partial charge in [-0.3, -0.25) is 4.79 Å². The van der Waals surface area contributed by atoms with E-state index in [9.17, 15) is 4.79 Å². The van der Waals surface area contributed by atoms with Crippen LogP contribution in [0.25, 0.3) is 0 Å². The minimum absolute atomic E-state index is 0.0698. The summed E-state index contributed by atoms with van der Waals surface area (Å²) in [6.07, 6.45) is 0.853. The highest BCUT2D eigenvalue weighted by molar-refractivity contribution is 8.00. The Morgan fingerprint density at radius 1 is 1.32 bits per heavy atom. The predicted molar refractivity (Wildman–Crippen MR) is 79.4 cm³/mol. The molecule has 0 aliphatic carbocycles. The lowest BCUT2D eigenvalue weighted by Crippen LogP contribution is -2.26. The number of thioether (sulfide) groups is 1. The van der Waals surface area contributed by atoms with Gasteiger partial charge in [0.2, 0.25) is 5.91 Å². The van der Waals surface area contributed by atoms with Crippen molar-refractivity contribution in [3.8, 4) is 0 Å². The molecular formula is C14H22N2O2S. The van der Waals surface area contributed by atoms with E-state index >= 15 is 0 Å². The highest BCUT2D eigenvalue weighted by atomic mass is 32.2. The Labute approximate surface area is 119 Å². The molecule has 0 aromatic heterocycles. The second-order valence-corrected chi connectivity index (χ2v) is 5.21. The van der Waals surface area contributed by atoms with Crippen molar-refractivity contribution >= 4 is 17.7 Å². The van der Waals surface area contributed by atoms with Crippen molar-refractivity contribution in [3.05, 3.63) is 29.8 Å². The number of hydrogen-bond donors (Lipinski definition) is 2. The number of amides is 1. The number of carbonyl (C=O) groups excluding carboxylic acids is 1. The number of nitrogens with one attached hydrogen (secondary N) is 2. The zero-order valence-corrected chi connectivity index (χ0v) is 12.4. The summed E-state index contributed by atoms with van der Waals surface area (Å²) < 4.78 is 4.92. The summed E-state index contributed by atoms with van der Waals surface area (Å²) in [5.74, 6) is 0.527. The van der Waals surface area contributed by atoms with Gasteiger partial charge in [0.15, 0.2) is 0 Å². The van der Waals surface area contributed by atoms with E-state index in [0.29, 0.717) is 18.9 Å². The Hall–Kier alpha value is -1.04. The summed E-state index contributed by atoms with van der Waals surface area (Å²) in [7, 11) is 3.59. The monoisotopic (exact) mass is 282 g/mol. The van der Waals surface area contributed by atoms with Gasteiger partial charge >= 0.3 is 0 Å². The smallest absolute Gasteiger partial charge is 0.230 e. The van der Waals surface area contributed by atoms with Gasteiger partial charge in [0.05, 0.1) is 5.75 Å². The lowest BCUT2D eigenvalue weighted by Gasteiger charge is -2.05. The average molecular weight is 282 g/mol. The predicted octanol–water partition coefficient (Wildman–Crippen LogP) is 1.65. The van der Waals surface area contributed by atoms with Crippen LogP contribution >= 0.6 is 11.8 Å². The van der Waals surface area contributed by atoms with Crippen LogP contribution in [-0.4, -0.2) is 39.0 Å². The lowest BCUT2D eigenvalue weighted by atomic mass is 10.2. The van der Waals surface area contributed by atoms with Gasteiger partial charge in [-0.2, -0.15) is 0 Å². The van der Waals surface area contributed by atoms with Crippen molar-refractivity contribution in [2.75, 3.05) is 33.1 Å². The average Bonchev–Trinajstić information content (AvgIpc) is 2.43. The van der Waals surface area contributed by atoms with Crippen LogP contribution in [0.3, 0.4) is 0 Å². The molecule has 106 valence electrons. The van der Waals surface area contributed by atoms with Crippen LogP contribution in [0, 0.1) is 0 Å². The van der Waals surface area contributed by atoms with E-state index in [1.807, 2.05) is 7.05 Å². The van der Waals surface area contributed by atoms with Gasteiger partial charge in [-0.1, -0.05) is 12.1 Å². The van der Waals surface area contributed by atoms with Gasteiger partial charge in [0, 0.05) is 31.7 Å². The van der Waals surface area contributed by atoms with E-state index in [2.05, 4.69) is 34.9 Å². The fourth-order valence-corrected chi connectivity index (χ4v) is 2.28. The lowest BCUT2D eigenvalue weighted by molar-refractivity contribution is -0.118. The maximum atomic E-state index is 11.6. The molecule has 0 spiro atoms. The normalized spacial score (nSPS) is 10.4. The van der Waals surface area contributed by atoms with Crippen molar-refractivity contribution in [1.82, 2.24) is 10.6 Å². The quantitative estimate of drug-likeness (QED) is 0.534. The molecule has 0 aliphatic rings. The summed E-state index contributed by atoms with van der Waals surface area (Å²) in [5.41, 5.74) is 1.25. The number of ether oxygens (including phenoxy) is 1. The highest BCUT2D eigenvalue weighted by Crippen LogP contribution is 2.18. The SMILES string of the molecule is CNCc1ccc(SCC(=O)NCCCOC)cc1. The summed E-state index contributed by atoms with van der Waals surface area (Å²) >= 11 is 1.56. The number of hydrogen-bond acceptors (Lipinski definition) is 4. The van der Waals surface area contributed by atoms with Crippen molar-refractivity contribution < 1.29 is 9.53 Å². The minimum atomic E-state index is 0.0698. The first-order chi connectivity index (χ1) is 9.26. The topological polar surface area (TPSA) is 50.4 Å². The summed E-state index contributed by atoms with van der Waals surface area (Å²) in [6, 6.07) is 8.26. The Balaban J connectivity index is 2.22. The molecular weight excluding hydrogens is 260 g/mol. The number of rotatable bonds is 9. The molecule has 0 unspecified atom stereocenters. The maximum Gasteiger partial charge on any atom is 0.230 e. The third-order valence-corrected chi connectivity index (χ3v) is 3.53. The van der Waals surface area contributed by atoms with E-state index in [4.69, 9.17) is 4.74 Å². The summed E-state index contributed by atoms with van der Waals surface area (Å²) in [4.78, 5) is 12.7. The number of carbonyl (C=O) groups is 1. The molecule has 0 bridgehead atoms. The van der Waals surface area contributed by atoms with Crippen molar-refractivity contribution in [2.24, 2.45) is 0 Å². The van der Waals surface area contributed by atoms with Crippen molar-refractivity contribution in [1.29, 1.82) is 0 Å². The standard InChI is InChI=1S/C14H22N2O2S/c1-15-10-12-4-6-13(7-5-12)19-11-14(17)16-8-3-9-18-2/h4-7,15H,3,8-11H2,1-2H3,(H,16,17). The molecule has 1 rings (SSSR count). The molecule has 0 atom stereocenters. The van der Waals surface area contributed by atoms with Gasteiger partial charge in [-0.25, -0.2) is 0 Å². The second kappa shape index (κ2) is 9.83. The molecule has 1 amide bonds. The molecule has 5 heteroatoms. The van der Waals surface area contributed by atoms with E-state index in [1.165, 1.54) is 5.56 Å². The van der Waals surface area contributed by atoms with Gasteiger partial charge in [0.25, 0.3) is 0 Å².